The Morgan fingerprint density at radius 2 is 1.90 bits per heavy atom. The van der Waals surface area contributed by atoms with Gasteiger partial charge in [-0.3, -0.25) is 0 Å². The number of carboxylic acid groups (broad SMARTS) is 1. The molecule has 0 unspecified atom stereocenters. The summed E-state index contributed by atoms with van der Waals surface area (Å²) in [4.78, 5) is 10.9. The van der Waals surface area contributed by atoms with Gasteiger partial charge in [0.1, 0.15) is 0 Å². The molecule has 0 amide bonds. The van der Waals surface area contributed by atoms with E-state index in [1.165, 1.54) is 22.5 Å². The number of aromatic carboxylic acids is 1. The fourth-order valence-corrected chi connectivity index (χ4v) is 4.03. The van der Waals surface area contributed by atoms with Gasteiger partial charge in [-0.25, -0.2) is 13.2 Å². The molecule has 0 bridgehead atoms. The van der Waals surface area contributed by atoms with Gasteiger partial charge in [-0.1, -0.05) is 19.9 Å². The van der Waals surface area contributed by atoms with Crippen molar-refractivity contribution in [3.05, 3.63) is 29.8 Å². The Morgan fingerprint density at radius 3 is 2.38 bits per heavy atom. The Bertz CT molecular complexity index is 581. The van der Waals surface area contributed by atoms with Gasteiger partial charge in [0.15, 0.2) is 0 Å². The van der Waals surface area contributed by atoms with E-state index >= 15 is 0 Å². The zero-order valence-corrected chi connectivity index (χ0v) is 13.0. The maximum Gasteiger partial charge on any atom is 0.335 e. The maximum absolute atomic E-state index is 12.7. The molecule has 1 aromatic rings. The first-order valence-electron chi connectivity index (χ1n) is 6.84. The van der Waals surface area contributed by atoms with Crippen LogP contribution in [0.1, 0.15) is 37.0 Å². The van der Waals surface area contributed by atoms with Gasteiger partial charge >= 0.3 is 5.97 Å². The molecule has 118 valence electrons. The highest BCUT2D eigenvalue weighted by Gasteiger charge is 2.29. The van der Waals surface area contributed by atoms with Crippen LogP contribution in [0.3, 0.4) is 0 Å². The summed E-state index contributed by atoms with van der Waals surface area (Å²) in [5.74, 6) is -1.18. The van der Waals surface area contributed by atoms with Gasteiger partial charge in [0.25, 0.3) is 0 Å². The number of rotatable bonds is 8. The summed E-state index contributed by atoms with van der Waals surface area (Å²) in [6, 6.07) is 5.03. The van der Waals surface area contributed by atoms with Gasteiger partial charge in [-0.15, -0.1) is 0 Å². The molecule has 7 heteroatoms. The number of benzene rings is 1. The zero-order valence-electron chi connectivity index (χ0n) is 12.2. The molecule has 0 fully saturated rings. The van der Waals surface area contributed by atoms with Crippen molar-refractivity contribution in [2.24, 2.45) is 0 Å². The standard InChI is InChI=1S/C14H21NO5S/c1-3-12(4-2)15(8-9-16)21(19,20)13-7-5-6-11(10-13)14(17)18/h5-7,10,12,16H,3-4,8-9H2,1-2H3,(H,17,18). The van der Waals surface area contributed by atoms with Crippen LogP contribution in [0.15, 0.2) is 29.2 Å². The maximum atomic E-state index is 12.7. The quantitative estimate of drug-likeness (QED) is 0.759. The first kappa shape index (κ1) is 17.6. The largest absolute Gasteiger partial charge is 0.478 e. The minimum Gasteiger partial charge on any atom is -0.478 e. The topological polar surface area (TPSA) is 94.9 Å². The first-order valence-corrected chi connectivity index (χ1v) is 8.28. The molecule has 0 aromatic heterocycles. The number of aliphatic hydroxyl groups excluding tert-OH is 1. The van der Waals surface area contributed by atoms with Gasteiger partial charge in [-0.05, 0) is 31.0 Å². The Balaban J connectivity index is 3.28. The van der Waals surface area contributed by atoms with Crippen molar-refractivity contribution in [3.8, 4) is 0 Å². The highest BCUT2D eigenvalue weighted by molar-refractivity contribution is 7.89. The lowest BCUT2D eigenvalue weighted by atomic mass is 10.2. The molecule has 0 aliphatic carbocycles. The SMILES string of the molecule is CCC(CC)N(CCO)S(=O)(=O)c1cccc(C(=O)O)c1. The summed E-state index contributed by atoms with van der Waals surface area (Å²) in [6.07, 6.45) is 1.24. The van der Waals surface area contributed by atoms with E-state index in [4.69, 9.17) is 10.2 Å². The van der Waals surface area contributed by atoms with Gasteiger partial charge < -0.3 is 10.2 Å². The Labute approximate surface area is 125 Å². The normalized spacial score (nSPS) is 12.0. The lowest BCUT2D eigenvalue weighted by molar-refractivity contribution is 0.0696. The number of aliphatic hydroxyl groups is 1. The number of carbonyl (C=O) groups is 1. The second-order valence-electron chi connectivity index (χ2n) is 4.64. The van der Waals surface area contributed by atoms with Gasteiger partial charge in [-0.2, -0.15) is 4.31 Å². The monoisotopic (exact) mass is 315 g/mol. The molecule has 0 aliphatic rings. The molecule has 2 N–H and O–H groups in total. The number of carboxylic acids is 1. The zero-order chi connectivity index (χ0) is 16.0. The van der Waals surface area contributed by atoms with Gasteiger partial charge in [0.2, 0.25) is 10.0 Å². The lowest BCUT2D eigenvalue weighted by Gasteiger charge is -2.29. The third kappa shape index (κ3) is 4.03. The average Bonchev–Trinajstić information content (AvgIpc) is 2.47. The molecular formula is C14H21NO5S. The third-order valence-corrected chi connectivity index (χ3v) is 5.31. The summed E-state index contributed by atoms with van der Waals surface area (Å²) < 4.78 is 26.6. The molecule has 21 heavy (non-hydrogen) atoms. The van der Waals surface area contributed by atoms with E-state index in [1.807, 2.05) is 13.8 Å². The molecule has 1 aromatic carbocycles. The fraction of sp³-hybridized carbons (Fsp3) is 0.500. The van der Waals surface area contributed by atoms with Crippen molar-refractivity contribution in [3.63, 3.8) is 0 Å². The second-order valence-corrected chi connectivity index (χ2v) is 6.53. The summed E-state index contributed by atoms with van der Waals surface area (Å²) in [6.45, 7) is 3.46. The van der Waals surface area contributed by atoms with Crippen molar-refractivity contribution in [2.45, 2.75) is 37.6 Å². The van der Waals surface area contributed by atoms with Crippen LogP contribution in [-0.2, 0) is 10.0 Å². The predicted molar refractivity (Wildman–Crippen MR) is 78.7 cm³/mol. The summed E-state index contributed by atoms with van der Waals surface area (Å²) in [7, 11) is -3.83. The first-order chi connectivity index (χ1) is 9.88. The Kier molecular flexibility index (Phi) is 6.32. The Hall–Kier alpha value is -1.44. The smallest absolute Gasteiger partial charge is 0.335 e. The fourth-order valence-electron chi connectivity index (χ4n) is 2.22. The molecule has 0 heterocycles. The average molecular weight is 315 g/mol. The molecule has 0 atom stereocenters. The number of sulfonamides is 1. The van der Waals surface area contributed by atoms with Crippen LogP contribution in [0, 0.1) is 0 Å². The van der Waals surface area contributed by atoms with E-state index in [1.54, 1.807) is 0 Å². The second kappa shape index (κ2) is 7.53. The van der Waals surface area contributed by atoms with Gasteiger partial charge in [0, 0.05) is 12.6 Å². The molecule has 0 saturated carbocycles. The minimum absolute atomic E-state index is 0.00796. The number of hydrogen-bond donors (Lipinski definition) is 2. The number of hydrogen-bond acceptors (Lipinski definition) is 4. The summed E-state index contributed by atoms with van der Waals surface area (Å²) in [5, 5.41) is 18.1. The molecular weight excluding hydrogens is 294 g/mol. The molecule has 0 spiro atoms. The van der Waals surface area contributed by atoms with E-state index in [2.05, 4.69) is 0 Å². The lowest BCUT2D eigenvalue weighted by Crippen LogP contribution is -2.41. The number of nitrogens with zero attached hydrogens (tertiary/aromatic N) is 1. The van der Waals surface area contributed by atoms with Crippen LogP contribution in [0.5, 0.6) is 0 Å². The van der Waals surface area contributed by atoms with E-state index in [0.29, 0.717) is 12.8 Å². The third-order valence-electron chi connectivity index (χ3n) is 3.36. The van der Waals surface area contributed by atoms with Crippen molar-refractivity contribution in [1.82, 2.24) is 4.31 Å². The summed E-state index contributed by atoms with van der Waals surface area (Å²) in [5.41, 5.74) is -0.0791. The highest BCUT2D eigenvalue weighted by Crippen LogP contribution is 2.22. The Morgan fingerprint density at radius 1 is 1.29 bits per heavy atom. The van der Waals surface area contributed by atoms with Crippen LogP contribution in [0.4, 0.5) is 0 Å². The minimum atomic E-state index is -3.83. The van der Waals surface area contributed by atoms with Crippen LogP contribution in [-0.4, -0.2) is 48.1 Å². The predicted octanol–water partition coefficient (Wildman–Crippen LogP) is 1.56. The molecule has 0 saturated heterocycles. The van der Waals surface area contributed by atoms with E-state index in [9.17, 15) is 13.2 Å². The molecule has 1 rings (SSSR count). The molecule has 6 nitrogen and oxygen atoms in total. The van der Waals surface area contributed by atoms with Crippen molar-refractivity contribution in [2.75, 3.05) is 13.2 Å². The van der Waals surface area contributed by atoms with Crippen molar-refractivity contribution >= 4 is 16.0 Å². The highest BCUT2D eigenvalue weighted by atomic mass is 32.2. The van der Waals surface area contributed by atoms with Crippen LogP contribution in [0.25, 0.3) is 0 Å². The summed E-state index contributed by atoms with van der Waals surface area (Å²) >= 11 is 0. The van der Waals surface area contributed by atoms with Crippen molar-refractivity contribution in [1.29, 1.82) is 0 Å². The molecule has 0 aliphatic heterocycles. The molecule has 0 radical (unpaired) electrons. The van der Waals surface area contributed by atoms with Gasteiger partial charge in [0.05, 0.1) is 17.1 Å². The van der Waals surface area contributed by atoms with Crippen LogP contribution in [0.2, 0.25) is 0 Å². The van der Waals surface area contributed by atoms with E-state index in [0.717, 1.165) is 6.07 Å². The van der Waals surface area contributed by atoms with Crippen molar-refractivity contribution < 1.29 is 23.4 Å². The van der Waals surface area contributed by atoms with Crippen LogP contribution < -0.4 is 0 Å². The van der Waals surface area contributed by atoms with E-state index in [-0.39, 0.29) is 29.7 Å². The van der Waals surface area contributed by atoms with E-state index < -0.39 is 16.0 Å². The van der Waals surface area contributed by atoms with Crippen LogP contribution >= 0.6 is 0 Å².